The summed E-state index contributed by atoms with van der Waals surface area (Å²) in [6.45, 7) is 1.37. The van der Waals surface area contributed by atoms with Crippen molar-refractivity contribution in [2.45, 2.75) is 12.8 Å². The quantitative estimate of drug-likeness (QED) is 0.712. The maximum atomic E-state index is 11.2. The van der Waals surface area contributed by atoms with Gasteiger partial charge in [0.1, 0.15) is 11.3 Å². The van der Waals surface area contributed by atoms with Gasteiger partial charge in [0.05, 0.1) is 6.20 Å². The summed E-state index contributed by atoms with van der Waals surface area (Å²) in [4.78, 5) is 30.0. The monoisotopic (exact) mass is 229 g/mol. The van der Waals surface area contributed by atoms with E-state index in [1.165, 1.54) is 0 Å². The second kappa shape index (κ2) is 4.04. The van der Waals surface area contributed by atoms with Gasteiger partial charge in [-0.15, -0.1) is 0 Å². The van der Waals surface area contributed by atoms with E-state index in [0.29, 0.717) is 48.8 Å². The predicted octanol–water partition coefficient (Wildman–Crippen LogP) is 0.589. The molecule has 3 rings (SSSR count). The van der Waals surface area contributed by atoms with E-state index in [9.17, 15) is 4.79 Å². The summed E-state index contributed by atoms with van der Waals surface area (Å²) in [6.07, 6.45) is 6.04. The van der Waals surface area contributed by atoms with E-state index < -0.39 is 0 Å². The van der Waals surface area contributed by atoms with E-state index in [-0.39, 0.29) is 0 Å². The highest BCUT2D eigenvalue weighted by atomic mass is 16.1. The third kappa shape index (κ3) is 1.93. The highest BCUT2D eigenvalue weighted by Crippen LogP contribution is 2.15. The van der Waals surface area contributed by atoms with Crippen molar-refractivity contribution in [3.8, 4) is 0 Å². The molecule has 17 heavy (non-hydrogen) atoms. The molecule has 0 atom stereocenters. The van der Waals surface area contributed by atoms with Crippen LogP contribution >= 0.6 is 0 Å². The molecule has 86 valence electrons. The van der Waals surface area contributed by atoms with Gasteiger partial charge in [-0.25, -0.2) is 15.0 Å². The minimum Gasteiger partial charge on any atom is -0.340 e. The summed E-state index contributed by atoms with van der Waals surface area (Å²) < 4.78 is 0. The first-order valence-electron chi connectivity index (χ1n) is 5.53. The SMILES string of the molecule is O=C1CCN(c2ncc3nccnc3n2)CC1. The molecule has 0 N–H and O–H groups in total. The van der Waals surface area contributed by atoms with Gasteiger partial charge in [0.15, 0.2) is 5.65 Å². The Balaban J connectivity index is 1.92. The molecule has 0 unspecified atom stereocenters. The average molecular weight is 229 g/mol. The second-order valence-electron chi connectivity index (χ2n) is 3.96. The number of carbonyl (C=O) groups is 1. The van der Waals surface area contributed by atoms with Crippen molar-refractivity contribution < 1.29 is 4.79 Å². The number of carbonyl (C=O) groups excluding carboxylic acids is 1. The smallest absolute Gasteiger partial charge is 0.227 e. The predicted molar refractivity (Wildman–Crippen MR) is 61.6 cm³/mol. The minimum absolute atomic E-state index is 0.307. The zero-order valence-electron chi connectivity index (χ0n) is 9.20. The Bertz CT molecular complexity index is 561. The van der Waals surface area contributed by atoms with Crippen molar-refractivity contribution in [1.29, 1.82) is 0 Å². The van der Waals surface area contributed by atoms with Gasteiger partial charge in [-0.2, -0.15) is 4.98 Å². The number of Topliss-reactive ketones (excluding diaryl/α,β-unsaturated/α-hetero) is 1. The van der Waals surface area contributed by atoms with Gasteiger partial charge in [-0.05, 0) is 0 Å². The van der Waals surface area contributed by atoms with Crippen LogP contribution in [0.4, 0.5) is 5.95 Å². The molecule has 0 aromatic carbocycles. The Labute approximate surface area is 97.7 Å². The summed E-state index contributed by atoms with van der Waals surface area (Å²) in [5, 5.41) is 0. The van der Waals surface area contributed by atoms with Crippen LogP contribution in [0, 0.1) is 0 Å². The summed E-state index contributed by atoms with van der Waals surface area (Å²) in [5.74, 6) is 0.937. The van der Waals surface area contributed by atoms with Gasteiger partial charge in [0.25, 0.3) is 0 Å². The number of aromatic nitrogens is 4. The summed E-state index contributed by atoms with van der Waals surface area (Å²) in [5.41, 5.74) is 1.28. The molecule has 0 bridgehead atoms. The van der Waals surface area contributed by atoms with Crippen LogP contribution in [0.15, 0.2) is 18.6 Å². The minimum atomic E-state index is 0.307. The third-order valence-corrected chi connectivity index (χ3v) is 2.82. The van der Waals surface area contributed by atoms with Gasteiger partial charge >= 0.3 is 0 Å². The first-order chi connectivity index (χ1) is 8.33. The molecular formula is C11H11N5O. The lowest BCUT2D eigenvalue weighted by Gasteiger charge is -2.25. The van der Waals surface area contributed by atoms with Gasteiger partial charge in [-0.3, -0.25) is 4.79 Å². The molecular weight excluding hydrogens is 218 g/mol. The Kier molecular flexibility index (Phi) is 2.40. The number of anilines is 1. The number of rotatable bonds is 1. The highest BCUT2D eigenvalue weighted by molar-refractivity contribution is 5.80. The standard InChI is InChI=1S/C11H11N5O/c17-8-1-5-16(6-2-8)11-14-7-9-10(15-11)13-4-3-12-9/h3-4,7H,1-2,5-6H2. The maximum absolute atomic E-state index is 11.2. The highest BCUT2D eigenvalue weighted by Gasteiger charge is 2.18. The topological polar surface area (TPSA) is 71.9 Å². The molecule has 0 spiro atoms. The lowest BCUT2D eigenvalue weighted by atomic mass is 10.1. The molecule has 1 saturated heterocycles. The van der Waals surface area contributed by atoms with E-state index >= 15 is 0 Å². The van der Waals surface area contributed by atoms with Crippen molar-refractivity contribution in [3.05, 3.63) is 18.6 Å². The Morgan fingerprint density at radius 2 is 1.82 bits per heavy atom. The summed E-state index contributed by atoms with van der Waals surface area (Å²) >= 11 is 0. The number of piperidine rings is 1. The number of fused-ring (bicyclic) bond motifs is 1. The zero-order chi connectivity index (χ0) is 11.7. The largest absolute Gasteiger partial charge is 0.340 e. The molecule has 6 heteroatoms. The van der Waals surface area contributed by atoms with Crippen LogP contribution < -0.4 is 4.90 Å². The number of nitrogens with zero attached hydrogens (tertiary/aromatic N) is 5. The molecule has 1 aliphatic rings. The van der Waals surface area contributed by atoms with Gasteiger partial charge < -0.3 is 4.90 Å². The Morgan fingerprint density at radius 3 is 2.65 bits per heavy atom. The van der Waals surface area contributed by atoms with E-state index in [4.69, 9.17) is 0 Å². The van der Waals surface area contributed by atoms with Crippen LogP contribution in [0.1, 0.15) is 12.8 Å². The van der Waals surface area contributed by atoms with Crippen molar-refractivity contribution in [3.63, 3.8) is 0 Å². The molecule has 2 aromatic heterocycles. The molecule has 0 amide bonds. The van der Waals surface area contributed by atoms with Gasteiger partial charge in [-0.1, -0.05) is 0 Å². The van der Waals surface area contributed by atoms with Crippen LogP contribution in [0.25, 0.3) is 11.2 Å². The molecule has 1 aliphatic heterocycles. The fourth-order valence-corrected chi connectivity index (χ4v) is 1.87. The van der Waals surface area contributed by atoms with Crippen LogP contribution in [0.2, 0.25) is 0 Å². The van der Waals surface area contributed by atoms with Crippen LogP contribution in [0.5, 0.6) is 0 Å². The van der Waals surface area contributed by atoms with Crippen molar-refractivity contribution >= 4 is 22.9 Å². The summed E-state index contributed by atoms with van der Waals surface area (Å²) in [7, 11) is 0. The normalized spacial score (nSPS) is 16.5. The fraction of sp³-hybridized carbons (Fsp3) is 0.364. The first-order valence-corrected chi connectivity index (χ1v) is 5.53. The molecule has 3 heterocycles. The second-order valence-corrected chi connectivity index (χ2v) is 3.96. The fourth-order valence-electron chi connectivity index (χ4n) is 1.87. The average Bonchev–Trinajstić information content (AvgIpc) is 2.39. The third-order valence-electron chi connectivity index (χ3n) is 2.82. The summed E-state index contributed by atoms with van der Waals surface area (Å²) in [6, 6.07) is 0. The van der Waals surface area contributed by atoms with E-state index in [1.807, 2.05) is 4.90 Å². The maximum Gasteiger partial charge on any atom is 0.227 e. The van der Waals surface area contributed by atoms with Crippen LogP contribution in [-0.4, -0.2) is 38.8 Å². The van der Waals surface area contributed by atoms with E-state index in [0.717, 1.165) is 0 Å². The zero-order valence-corrected chi connectivity index (χ0v) is 9.20. The first kappa shape index (κ1) is 10.1. The molecule has 0 aliphatic carbocycles. The van der Waals surface area contributed by atoms with E-state index in [1.54, 1.807) is 18.6 Å². The lowest BCUT2D eigenvalue weighted by Crippen LogP contribution is -2.34. The van der Waals surface area contributed by atoms with Crippen molar-refractivity contribution in [1.82, 2.24) is 19.9 Å². The van der Waals surface area contributed by atoms with Gasteiger partial charge in [0, 0.05) is 38.3 Å². The number of ketones is 1. The number of hydrogen-bond donors (Lipinski definition) is 0. The van der Waals surface area contributed by atoms with Crippen molar-refractivity contribution in [2.24, 2.45) is 0 Å². The Hall–Kier alpha value is -2.11. The van der Waals surface area contributed by atoms with Crippen LogP contribution in [-0.2, 0) is 4.79 Å². The molecule has 1 fully saturated rings. The van der Waals surface area contributed by atoms with E-state index in [2.05, 4.69) is 19.9 Å². The van der Waals surface area contributed by atoms with Gasteiger partial charge in [0.2, 0.25) is 5.95 Å². The van der Waals surface area contributed by atoms with Crippen LogP contribution in [0.3, 0.4) is 0 Å². The molecule has 0 radical (unpaired) electrons. The molecule has 0 saturated carbocycles. The Morgan fingerprint density at radius 1 is 1.06 bits per heavy atom. The van der Waals surface area contributed by atoms with Crippen molar-refractivity contribution in [2.75, 3.05) is 18.0 Å². The number of hydrogen-bond acceptors (Lipinski definition) is 6. The molecule has 6 nitrogen and oxygen atoms in total. The molecule has 2 aromatic rings. The lowest BCUT2D eigenvalue weighted by molar-refractivity contribution is -0.119.